The highest BCUT2D eigenvalue weighted by Gasteiger charge is 2.43. The molecule has 1 unspecified atom stereocenters. The van der Waals surface area contributed by atoms with Crippen molar-refractivity contribution in [2.24, 2.45) is 5.92 Å². The van der Waals surface area contributed by atoms with Gasteiger partial charge in [0.15, 0.2) is 5.43 Å². The van der Waals surface area contributed by atoms with Gasteiger partial charge in [0.05, 0.1) is 30.7 Å². The molecule has 1 amide bonds. The summed E-state index contributed by atoms with van der Waals surface area (Å²) in [7, 11) is 1.59. The van der Waals surface area contributed by atoms with Crippen LogP contribution in [0.2, 0.25) is 0 Å². The Morgan fingerprint density at radius 1 is 1.00 bits per heavy atom. The molecule has 0 saturated carbocycles. The fraction of sp³-hybridized carbons (Fsp3) is 0.241. The average molecular weight is 548 g/mol. The molecule has 0 fully saturated rings. The Kier molecular flexibility index (Phi) is 6.58. The number of hydrogen-bond acceptors (Lipinski definition) is 5. The van der Waals surface area contributed by atoms with Crippen molar-refractivity contribution in [2.75, 3.05) is 18.6 Å². The molecule has 0 spiro atoms. The molecule has 36 heavy (non-hydrogen) atoms. The van der Waals surface area contributed by atoms with Crippen molar-refractivity contribution in [3.63, 3.8) is 0 Å². The Morgan fingerprint density at radius 2 is 1.78 bits per heavy atom. The first kappa shape index (κ1) is 24.1. The number of halogens is 1. The molecule has 1 aliphatic rings. The summed E-state index contributed by atoms with van der Waals surface area (Å²) in [5.74, 6) is 1.58. The molecule has 0 bridgehead atoms. The van der Waals surface area contributed by atoms with E-state index in [-0.39, 0.29) is 17.1 Å². The maximum Gasteiger partial charge on any atom is 0.295 e. The fourth-order valence-corrected chi connectivity index (χ4v) is 4.82. The van der Waals surface area contributed by atoms with Crippen LogP contribution in [0.25, 0.3) is 11.0 Å². The number of ether oxygens (including phenoxy) is 2. The molecule has 6 nitrogen and oxygen atoms in total. The third-order valence-electron chi connectivity index (χ3n) is 6.32. The highest BCUT2D eigenvalue weighted by atomic mass is 79.9. The van der Waals surface area contributed by atoms with Crippen molar-refractivity contribution < 1.29 is 18.7 Å². The van der Waals surface area contributed by atoms with E-state index < -0.39 is 6.04 Å². The quantitative estimate of drug-likeness (QED) is 0.256. The molecule has 2 heterocycles. The van der Waals surface area contributed by atoms with Crippen LogP contribution in [0.15, 0.2) is 80.4 Å². The average Bonchev–Trinajstić information content (AvgIpc) is 3.17. The Labute approximate surface area is 217 Å². The maximum absolute atomic E-state index is 13.8. The molecule has 0 radical (unpaired) electrons. The van der Waals surface area contributed by atoms with Crippen molar-refractivity contribution in [1.29, 1.82) is 0 Å². The van der Waals surface area contributed by atoms with E-state index in [4.69, 9.17) is 13.9 Å². The van der Waals surface area contributed by atoms with Gasteiger partial charge in [0.2, 0.25) is 5.76 Å². The minimum Gasteiger partial charge on any atom is -0.497 e. The van der Waals surface area contributed by atoms with Gasteiger partial charge in [0.25, 0.3) is 5.91 Å². The van der Waals surface area contributed by atoms with Crippen LogP contribution in [0, 0.1) is 5.92 Å². The number of fused-ring (bicyclic) bond motifs is 2. The highest BCUT2D eigenvalue weighted by molar-refractivity contribution is 9.10. The van der Waals surface area contributed by atoms with Gasteiger partial charge in [-0.15, -0.1) is 0 Å². The summed E-state index contributed by atoms with van der Waals surface area (Å²) in [5.41, 5.74) is 1.86. The van der Waals surface area contributed by atoms with Crippen LogP contribution in [0.4, 0.5) is 5.69 Å². The molecular weight excluding hydrogens is 522 g/mol. The second-order valence-corrected chi connectivity index (χ2v) is 10.1. The molecule has 7 heteroatoms. The third-order valence-corrected chi connectivity index (χ3v) is 6.81. The predicted molar refractivity (Wildman–Crippen MR) is 143 cm³/mol. The normalized spacial score (nSPS) is 15.0. The van der Waals surface area contributed by atoms with E-state index in [0.29, 0.717) is 46.2 Å². The zero-order chi connectivity index (χ0) is 25.4. The predicted octanol–water partition coefficient (Wildman–Crippen LogP) is 6.74. The number of hydrogen-bond donors (Lipinski definition) is 0. The first-order valence-electron chi connectivity index (χ1n) is 11.8. The van der Waals surface area contributed by atoms with Gasteiger partial charge >= 0.3 is 0 Å². The number of carbonyl (C=O) groups excluding carboxylic acids is 1. The molecule has 4 aromatic rings. The first-order valence-corrected chi connectivity index (χ1v) is 12.6. The molecule has 0 saturated heterocycles. The number of carbonyl (C=O) groups is 1. The maximum atomic E-state index is 13.8. The van der Waals surface area contributed by atoms with Crippen molar-refractivity contribution in [3.05, 3.63) is 98.3 Å². The molecule has 0 aliphatic carbocycles. The second-order valence-electron chi connectivity index (χ2n) is 9.19. The van der Waals surface area contributed by atoms with Gasteiger partial charge in [-0.25, -0.2) is 0 Å². The van der Waals surface area contributed by atoms with E-state index in [2.05, 4.69) is 29.8 Å². The van der Waals surface area contributed by atoms with Gasteiger partial charge in [-0.2, -0.15) is 0 Å². The Morgan fingerprint density at radius 3 is 2.50 bits per heavy atom. The Balaban J connectivity index is 1.67. The summed E-state index contributed by atoms with van der Waals surface area (Å²) in [6.45, 7) is 4.88. The molecule has 1 atom stereocenters. The number of methoxy groups -OCH3 is 1. The van der Waals surface area contributed by atoms with Crippen LogP contribution in [0.3, 0.4) is 0 Å². The molecule has 184 valence electrons. The van der Waals surface area contributed by atoms with E-state index in [1.807, 2.05) is 24.3 Å². The van der Waals surface area contributed by atoms with Crippen LogP contribution in [-0.2, 0) is 0 Å². The lowest BCUT2D eigenvalue weighted by Gasteiger charge is -2.25. The number of rotatable bonds is 7. The largest absolute Gasteiger partial charge is 0.497 e. The molecular formula is C29H26BrNO5. The molecule has 1 aromatic heterocycles. The Bertz CT molecular complexity index is 1490. The monoisotopic (exact) mass is 547 g/mol. The first-order chi connectivity index (χ1) is 17.4. The summed E-state index contributed by atoms with van der Waals surface area (Å²) >= 11 is 3.44. The number of nitrogens with zero attached hydrogens (tertiary/aromatic N) is 1. The second kappa shape index (κ2) is 9.82. The topological polar surface area (TPSA) is 69.0 Å². The number of benzene rings is 3. The fourth-order valence-electron chi connectivity index (χ4n) is 4.46. The van der Waals surface area contributed by atoms with Crippen molar-refractivity contribution in [2.45, 2.75) is 26.3 Å². The highest BCUT2D eigenvalue weighted by Crippen LogP contribution is 2.42. The zero-order valence-corrected chi connectivity index (χ0v) is 21.9. The minimum atomic E-state index is -0.672. The van der Waals surface area contributed by atoms with E-state index >= 15 is 0 Å². The van der Waals surface area contributed by atoms with Gasteiger partial charge in [0, 0.05) is 10.2 Å². The van der Waals surface area contributed by atoms with Crippen LogP contribution in [-0.4, -0.2) is 19.6 Å². The lowest BCUT2D eigenvalue weighted by Crippen LogP contribution is -2.29. The summed E-state index contributed by atoms with van der Waals surface area (Å²) in [6.07, 6.45) is 0.928. The lowest BCUT2D eigenvalue weighted by atomic mass is 9.98. The summed E-state index contributed by atoms with van der Waals surface area (Å²) in [6, 6.07) is 19.3. The molecule has 5 rings (SSSR count). The van der Waals surface area contributed by atoms with Gasteiger partial charge in [-0.3, -0.25) is 14.5 Å². The van der Waals surface area contributed by atoms with Crippen LogP contribution < -0.4 is 19.8 Å². The van der Waals surface area contributed by atoms with Gasteiger partial charge < -0.3 is 13.9 Å². The standard InChI is InChI=1S/C29H26BrNO5/c1-17(2)13-14-35-22-6-4-5-18(15-22)26-25-27(32)23-16-19(30)7-12-24(23)36-28(25)29(33)31(26)20-8-10-21(34-3)11-9-20/h4-12,15-17,26H,13-14H2,1-3H3. The van der Waals surface area contributed by atoms with Crippen molar-refractivity contribution in [1.82, 2.24) is 0 Å². The number of anilines is 1. The SMILES string of the molecule is COc1ccc(N2C(=O)c3oc4ccc(Br)cc4c(=O)c3C2c2cccc(OCCC(C)C)c2)cc1. The van der Waals surface area contributed by atoms with E-state index in [9.17, 15) is 9.59 Å². The summed E-state index contributed by atoms with van der Waals surface area (Å²) < 4.78 is 18.1. The lowest BCUT2D eigenvalue weighted by molar-refractivity contribution is 0.0971. The van der Waals surface area contributed by atoms with Crippen LogP contribution >= 0.6 is 15.9 Å². The number of amides is 1. The summed E-state index contributed by atoms with van der Waals surface area (Å²) in [5, 5.41) is 0.418. The van der Waals surface area contributed by atoms with E-state index in [0.717, 1.165) is 16.5 Å². The van der Waals surface area contributed by atoms with Gasteiger partial charge in [-0.05, 0) is 72.5 Å². The molecule has 0 N–H and O–H groups in total. The van der Waals surface area contributed by atoms with Crippen LogP contribution in [0.1, 0.15) is 48.0 Å². The molecule has 3 aromatic carbocycles. The summed E-state index contributed by atoms with van der Waals surface area (Å²) in [4.78, 5) is 29.2. The van der Waals surface area contributed by atoms with Crippen molar-refractivity contribution in [3.8, 4) is 11.5 Å². The van der Waals surface area contributed by atoms with Gasteiger partial charge in [0.1, 0.15) is 17.1 Å². The minimum absolute atomic E-state index is 0.0572. The van der Waals surface area contributed by atoms with Gasteiger partial charge in [-0.1, -0.05) is 41.9 Å². The third kappa shape index (κ3) is 4.39. The smallest absolute Gasteiger partial charge is 0.295 e. The van der Waals surface area contributed by atoms with Crippen LogP contribution in [0.5, 0.6) is 11.5 Å². The van der Waals surface area contributed by atoms with Crippen molar-refractivity contribution >= 4 is 38.5 Å². The molecule has 1 aliphatic heterocycles. The van der Waals surface area contributed by atoms with E-state index in [1.165, 1.54) is 0 Å². The Hall–Kier alpha value is -3.58. The van der Waals surface area contributed by atoms with E-state index in [1.54, 1.807) is 54.5 Å². The zero-order valence-electron chi connectivity index (χ0n) is 20.3.